The predicted molar refractivity (Wildman–Crippen MR) is 167 cm³/mol. The van der Waals surface area contributed by atoms with Crippen molar-refractivity contribution in [2.24, 2.45) is 0 Å². The van der Waals surface area contributed by atoms with Crippen LogP contribution in [0.25, 0.3) is 6.08 Å². The predicted octanol–water partition coefficient (Wildman–Crippen LogP) is 6.50. The quantitative estimate of drug-likeness (QED) is 0.134. The molecule has 0 fully saturated rings. The number of carbonyl (C=O) groups is 3. The Morgan fingerprint density at radius 3 is 2.21 bits per heavy atom. The number of hydrogen-bond donors (Lipinski definition) is 3. The number of anilines is 2. The first kappa shape index (κ1) is 30.2. The van der Waals surface area contributed by atoms with Crippen LogP contribution in [-0.2, 0) is 9.59 Å². The largest absolute Gasteiger partial charge is 0.493 e. The van der Waals surface area contributed by atoms with Crippen molar-refractivity contribution in [2.45, 2.75) is 4.90 Å². The number of methoxy groups -OCH3 is 2. The van der Waals surface area contributed by atoms with Crippen molar-refractivity contribution >= 4 is 58.5 Å². The normalized spacial score (nSPS) is 10.9. The molecule has 42 heavy (non-hydrogen) atoms. The van der Waals surface area contributed by atoms with Crippen LogP contribution in [0.1, 0.15) is 15.9 Å². The van der Waals surface area contributed by atoms with E-state index < -0.39 is 11.8 Å². The number of hydrogen-bond acceptors (Lipinski definition) is 6. The molecule has 214 valence electrons. The summed E-state index contributed by atoms with van der Waals surface area (Å²) in [6, 6.07) is 27.8. The summed E-state index contributed by atoms with van der Waals surface area (Å²) in [4.78, 5) is 39.6. The van der Waals surface area contributed by atoms with E-state index in [4.69, 9.17) is 21.1 Å². The summed E-state index contributed by atoms with van der Waals surface area (Å²) in [5.74, 6) is -0.00135. The van der Waals surface area contributed by atoms with E-state index in [1.54, 1.807) is 97.1 Å². The molecule has 4 aromatic rings. The molecule has 0 spiro atoms. The molecule has 0 aliphatic rings. The van der Waals surface area contributed by atoms with Gasteiger partial charge in [0.25, 0.3) is 11.8 Å². The molecule has 3 amide bonds. The van der Waals surface area contributed by atoms with Crippen molar-refractivity contribution in [2.75, 3.05) is 30.6 Å². The standard InChI is InChI=1S/C32H28ClN3O5S/c1-40-28-15-14-21(17-29(28)41-2)16-27(36-31(38)22-8-4-3-5-9-22)32(39)35-25-12-7-13-26(19-25)42-20-30(37)34-24-11-6-10-23(33)18-24/h3-19H,20H2,1-2H3,(H,34,37)(H,35,39)(H,36,38)/b27-16+. The van der Waals surface area contributed by atoms with Crippen molar-refractivity contribution in [3.05, 3.63) is 119 Å². The summed E-state index contributed by atoms with van der Waals surface area (Å²) >= 11 is 7.30. The van der Waals surface area contributed by atoms with Crippen LogP contribution in [0.3, 0.4) is 0 Å². The number of carbonyl (C=O) groups excluding carboxylic acids is 3. The van der Waals surface area contributed by atoms with Gasteiger partial charge in [0.1, 0.15) is 5.70 Å². The van der Waals surface area contributed by atoms with Gasteiger partial charge in [0.15, 0.2) is 11.5 Å². The van der Waals surface area contributed by atoms with Crippen molar-refractivity contribution in [1.29, 1.82) is 0 Å². The second-order valence-electron chi connectivity index (χ2n) is 8.82. The van der Waals surface area contributed by atoms with Gasteiger partial charge in [0, 0.05) is 26.9 Å². The Morgan fingerprint density at radius 2 is 1.50 bits per heavy atom. The van der Waals surface area contributed by atoms with Crippen LogP contribution in [0.5, 0.6) is 11.5 Å². The average molecular weight is 602 g/mol. The summed E-state index contributed by atoms with van der Waals surface area (Å²) in [7, 11) is 3.05. The Morgan fingerprint density at radius 1 is 0.786 bits per heavy atom. The van der Waals surface area contributed by atoms with Crippen LogP contribution in [0.2, 0.25) is 5.02 Å². The van der Waals surface area contributed by atoms with E-state index in [1.165, 1.54) is 26.0 Å². The SMILES string of the molecule is COc1ccc(/C=C(/NC(=O)c2ccccc2)C(=O)Nc2cccc(SCC(=O)Nc3cccc(Cl)c3)c2)cc1OC. The van der Waals surface area contributed by atoms with E-state index in [-0.39, 0.29) is 17.4 Å². The molecule has 3 N–H and O–H groups in total. The van der Waals surface area contributed by atoms with E-state index in [9.17, 15) is 14.4 Å². The van der Waals surface area contributed by atoms with E-state index in [2.05, 4.69) is 16.0 Å². The third-order valence-corrected chi connectivity index (χ3v) is 7.05. The molecular formula is C32H28ClN3O5S. The second kappa shape index (κ2) is 14.8. The van der Waals surface area contributed by atoms with Crippen LogP contribution < -0.4 is 25.4 Å². The fourth-order valence-electron chi connectivity index (χ4n) is 3.83. The minimum atomic E-state index is -0.532. The maximum atomic E-state index is 13.4. The zero-order chi connectivity index (χ0) is 29.9. The van der Waals surface area contributed by atoms with E-state index in [0.29, 0.717) is 39.0 Å². The molecule has 0 heterocycles. The van der Waals surface area contributed by atoms with Crippen molar-refractivity contribution < 1.29 is 23.9 Å². The van der Waals surface area contributed by atoms with E-state index in [1.807, 2.05) is 6.07 Å². The highest BCUT2D eigenvalue weighted by atomic mass is 35.5. The molecule has 0 unspecified atom stereocenters. The van der Waals surface area contributed by atoms with Crippen LogP contribution in [0.15, 0.2) is 108 Å². The third kappa shape index (κ3) is 8.63. The molecule has 0 aliphatic heterocycles. The minimum Gasteiger partial charge on any atom is -0.493 e. The van der Waals surface area contributed by atoms with Gasteiger partial charge in [-0.25, -0.2) is 0 Å². The summed E-state index contributed by atoms with van der Waals surface area (Å²) in [6.45, 7) is 0. The lowest BCUT2D eigenvalue weighted by Crippen LogP contribution is -2.30. The van der Waals surface area contributed by atoms with Gasteiger partial charge >= 0.3 is 0 Å². The van der Waals surface area contributed by atoms with Gasteiger partial charge in [-0.3, -0.25) is 14.4 Å². The molecule has 8 nitrogen and oxygen atoms in total. The number of amides is 3. The zero-order valence-corrected chi connectivity index (χ0v) is 24.4. The number of thioether (sulfide) groups is 1. The Balaban J connectivity index is 1.49. The van der Waals surface area contributed by atoms with Gasteiger partial charge in [0.05, 0.1) is 20.0 Å². The molecular weight excluding hydrogens is 574 g/mol. The van der Waals surface area contributed by atoms with Crippen LogP contribution in [0.4, 0.5) is 11.4 Å². The van der Waals surface area contributed by atoms with Gasteiger partial charge in [-0.2, -0.15) is 0 Å². The smallest absolute Gasteiger partial charge is 0.272 e. The monoisotopic (exact) mass is 601 g/mol. The third-order valence-electron chi connectivity index (χ3n) is 5.82. The molecule has 0 saturated carbocycles. The van der Waals surface area contributed by atoms with Crippen LogP contribution >= 0.6 is 23.4 Å². The van der Waals surface area contributed by atoms with E-state index in [0.717, 1.165) is 4.90 Å². The molecule has 10 heteroatoms. The molecule has 4 aromatic carbocycles. The number of rotatable bonds is 11. The van der Waals surface area contributed by atoms with E-state index >= 15 is 0 Å². The van der Waals surface area contributed by atoms with Crippen molar-refractivity contribution in [3.63, 3.8) is 0 Å². The van der Waals surface area contributed by atoms with Gasteiger partial charge < -0.3 is 25.4 Å². The lowest BCUT2D eigenvalue weighted by Gasteiger charge is -2.13. The van der Waals surface area contributed by atoms with Gasteiger partial charge in [0.2, 0.25) is 5.91 Å². The fourth-order valence-corrected chi connectivity index (χ4v) is 4.77. The second-order valence-corrected chi connectivity index (χ2v) is 10.3. The first-order valence-electron chi connectivity index (χ1n) is 12.7. The Hall–Kier alpha value is -4.73. The first-order chi connectivity index (χ1) is 20.3. The Bertz CT molecular complexity index is 1610. The number of benzene rings is 4. The van der Waals surface area contributed by atoms with Crippen molar-refractivity contribution in [1.82, 2.24) is 5.32 Å². The molecule has 0 saturated heterocycles. The molecule has 0 bridgehead atoms. The van der Waals surface area contributed by atoms with Gasteiger partial charge in [-0.05, 0) is 72.3 Å². The highest BCUT2D eigenvalue weighted by Crippen LogP contribution is 2.29. The Labute approximate surface area is 253 Å². The molecule has 0 aromatic heterocycles. The number of ether oxygens (including phenoxy) is 2. The summed E-state index contributed by atoms with van der Waals surface area (Å²) < 4.78 is 10.7. The molecule has 0 radical (unpaired) electrons. The maximum Gasteiger partial charge on any atom is 0.272 e. The number of halogens is 1. The van der Waals surface area contributed by atoms with Crippen LogP contribution in [-0.4, -0.2) is 37.7 Å². The fraction of sp³-hybridized carbons (Fsp3) is 0.0938. The molecule has 0 atom stereocenters. The van der Waals surface area contributed by atoms with Gasteiger partial charge in [-0.1, -0.05) is 48.0 Å². The summed E-state index contributed by atoms with van der Waals surface area (Å²) in [5.41, 5.74) is 2.14. The lowest BCUT2D eigenvalue weighted by atomic mass is 10.1. The highest BCUT2D eigenvalue weighted by molar-refractivity contribution is 8.00. The number of nitrogens with one attached hydrogen (secondary N) is 3. The average Bonchev–Trinajstić information content (AvgIpc) is 3.00. The summed E-state index contributed by atoms with van der Waals surface area (Å²) in [5, 5.41) is 8.90. The van der Waals surface area contributed by atoms with Crippen LogP contribution in [0, 0.1) is 0 Å². The molecule has 4 rings (SSSR count). The molecule has 0 aliphatic carbocycles. The highest BCUT2D eigenvalue weighted by Gasteiger charge is 2.16. The van der Waals surface area contributed by atoms with Gasteiger partial charge in [-0.15, -0.1) is 11.8 Å². The first-order valence-corrected chi connectivity index (χ1v) is 14.1. The van der Waals surface area contributed by atoms with Crippen molar-refractivity contribution in [3.8, 4) is 11.5 Å². The minimum absolute atomic E-state index is 0.0232. The zero-order valence-electron chi connectivity index (χ0n) is 22.8. The lowest BCUT2D eigenvalue weighted by molar-refractivity contribution is -0.114. The summed E-state index contributed by atoms with van der Waals surface area (Å²) in [6.07, 6.45) is 1.55. The topological polar surface area (TPSA) is 106 Å². The maximum absolute atomic E-state index is 13.4. The Kier molecular flexibility index (Phi) is 10.6.